The molecule has 0 aromatic rings. The van der Waals surface area contributed by atoms with Gasteiger partial charge in [0.1, 0.15) is 6.67 Å². The maximum atomic E-state index is 5.51. The van der Waals surface area contributed by atoms with Gasteiger partial charge in [-0.3, -0.25) is 10.0 Å². The fourth-order valence-electron chi connectivity index (χ4n) is 2.87. The standard InChI is InChI=1S/C19H27N5OS/c1-4-9-25-10-8-20-16-11-15-12-17(6-7-18(15)21-13-16)26-19-22-23(3)14-24(19)5-2/h5-6,11-13,18,20H,2,4,7-10,14H2,1,3H3. The van der Waals surface area contributed by atoms with E-state index in [-0.39, 0.29) is 6.04 Å². The molecule has 2 aliphatic heterocycles. The van der Waals surface area contributed by atoms with Crippen molar-refractivity contribution in [2.24, 2.45) is 10.1 Å². The molecule has 3 rings (SSSR count). The van der Waals surface area contributed by atoms with Crippen LogP contribution in [0.15, 0.2) is 57.3 Å². The number of hydrogen-bond donors (Lipinski definition) is 1. The summed E-state index contributed by atoms with van der Waals surface area (Å²) in [6.07, 6.45) is 12.4. The lowest BCUT2D eigenvalue weighted by Gasteiger charge is -2.23. The molecule has 0 amide bonds. The van der Waals surface area contributed by atoms with Crippen LogP contribution in [-0.2, 0) is 4.74 Å². The average Bonchev–Trinajstić information content (AvgIpc) is 3.00. The number of fused-ring (bicyclic) bond motifs is 1. The molecular weight excluding hydrogens is 346 g/mol. The van der Waals surface area contributed by atoms with Crippen LogP contribution in [0.25, 0.3) is 0 Å². The van der Waals surface area contributed by atoms with E-state index >= 15 is 0 Å². The third-order valence-corrected chi connectivity index (χ3v) is 5.18. The highest BCUT2D eigenvalue weighted by Gasteiger charge is 2.23. The average molecular weight is 374 g/mol. The Hall–Kier alpha value is -1.99. The molecule has 0 bridgehead atoms. The molecule has 0 saturated heterocycles. The molecule has 1 aliphatic carbocycles. The van der Waals surface area contributed by atoms with Crippen LogP contribution in [0.3, 0.4) is 0 Å². The molecule has 7 heteroatoms. The Balaban J connectivity index is 1.59. The fourth-order valence-corrected chi connectivity index (χ4v) is 3.89. The van der Waals surface area contributed by atoms with Crippen LogP contribution in [0.1, 0.15) is 19.8 Å². The van der Waals surface area contributed by atoms with Gasteiger partial charge in [-0.2, -0.15) is 0 Å². The van der Waals surface area contributed by atoms with Gasteiger partial charge < -0.3 is 15.0 Å². The zero-order valence-corrected chi connectivity index (χ0v) is 16.3. The molecule has 0 fully saturated rings. The predicted octanol–water partition coefficient (Wildman–Crippen LogP) is 2.91. The van der Waals surface area contributed by atoms with Crippen LogP contribution in [0, 0.1) is 0 Å². The lowest BCUT2D eigenvalue weighted by atomic mass is 9.96. The molecule has 1 N–H and O–H groups in total. The number of allylic oxidation sites excluding steroid dienone is 2. The minimum atomic E-state index is 0.227. The number of nitrogens with one attached hydrogen (secondary N) is 1. The van der Waals surface area contributed by atoms with Crippen LogP contribution in [0.2, 0.25) is 0 Å². The second-order valence-corrected chi connectivity index (χ2v) is 7.40. The fraction of sp³-hybridized carbons (Fsp3) is 0.474. The molecule has 3 aliphatic rings. The van der Waals surface area contributed by atoms with Gasteiger partial charge in [0, 0.05) is 37.5 Å². The van der Waals surface area contributed by atoms with Gasteiger partial charge in [0.25, 0.3) is 0 Å². The highest BCUT2D eigenvalue weighted by atomic mass is 32.2. The van der Waals surface area contributed by atoms with E-state index < -0.39 is 0 Å². The smallest absolute Gasteiger partial charge is 0.193 e. The molecule has 140 valence electrons. The van der Waals surface area contributed by atoms with E-state index in [4.69, 9.17) is 4.74 Å². The van der Waals surface area contributed by atoms with Gasteiger partial charge in [-0.05, 0) is 30.6 Å². The van der Waals surface area contributed by atoms with Gasteiger partial charge in [0.05, 0.1) is 18.3 Å². The molecule has 0 saturated carbocycles. The first kappa shape index (κ1) is 18.8. The summed E-state index contributed by atoms with van der Waals surface area (Å²) in [6.45, 7) is 9.06. The topological polar surface area (TPSA) is 52.5 Å². The third-order valence-electron chi connectivity index (χ3n) is 4.16. The SMILES string of the molecule is C=CN1CN(C)N=C1SC1=CCC2N=CC(NCCOCCC)=CC2=C1. The van der Waals surface area contributed by atoms with Gasteiger partial charge in [0.15, 0.2) is 5.17 Å². The second kappa shape index (κ2) is 9.09. The highest BCUT2D eigenvalue weighted by molar-refractivity contribution is 8.17. The molecule has 0 radical (unpaired) electrons. The summed E-state index contributed by atoms with van der Waals surface area (Å²) in [5.74, 6) is 0. The van der Waals surface area contributed by atoms with Gasteiger partial charge >= 0.3 is 0 Å². The maximum Gasteiger partial charge on any atom is 0.193 e. The first-order chi connectivity index (χ1) is 12.7. The number of dihydropyridines is 1. The quantitative estimate of drug-likeness (QED) is 0.663. The lowest BCUT2D eigenvalue weighted by Crippen LogP contribution is -2.25. The maximum absolute atomic E-state index is 5.51. The Morgan fingerprint density at radius 3 is 3.12 bits per heavy atom. The van der Waals surface area contributed by atoms with E-state index in [1.165, 1.54) is 10.5 Å². The van der Waals surface area contributed by atoms with E-state index in [1.807, 2.05) is 29.4 Å². The number of hydrazone groups is 1. The van der Waals surface area contributed by atoms with Gasteiger partial charge in [0.2, 0.25) is 0 Å². The Labute approximate surface area is 160 Å². The predicted molar refractivity (Wildman–Crippen MR) is 110 cm³/mol. The summed E-state index contributed by atoms with van der Waals surface area (Å²) in [5.41, 5.74) is 2.29. The number of aliphatic imine (C=N–C) groups is 1. The van der Waals surface area contributed by atoms with Gasteiger partial charge in [-0.1, -0.05) is 31.3 Å². The summed E-state index contributed by atoms with van der Waals surface area (Å²) < 4.78 is 5.51. The van der Waals surface area contributed by atoms with Crippen LogP contribution < -0.4 is 5.32 Å². The van der Waals surface area contributed by atoms with Crippen molar-refractivity contribution in [3.05, 3.63) is 47.2 Å². The van der Waals surface area contributed by atoms with Crippen molar-refractivity contribution in [2.75, 3.05) is 33.5 Å². The summed E-state index contributed by atoms with van der Waals surface area (Å²) in [4.78, 5) is 7.93. The second-order valence-electron chi connectivity index (χ2n) is 6.36. The van der Waals surface area contributed by atoms with E-state index in [0.29, 0.717) is 6.61 Å². The van der Waals surface area contributed by atoms with Crippen molar-refractivity contribution in [2.45, 2.75) is 25.8 Å². The Kier molecular flexibility index (Phi) is 6.57. The summed E-state index contributed by atoms with van der Waals surface area (Å²) in [7, 11) is 1.97. The molecular formula is C19H27N5OS. The first-order valence-corrected chi connectivity index (χ1v) is 9.86. The van der Waals surface area contributed by atoms with Crippen molar-refractivity contribution in [3.8, 4) is 0 Å². The summed E-state index contributed by atoms with van der Waals surface area (Å²) in [5, 5.41) is 10.8. The first-order valence-electron chi connectivity index (χ1n) is 9.04. The number of ether oxygens (including phenoxy) is 1. The Morgan fingerprint density at radius 2 is 2.31 bits per heavy atom. The molecule has 1 unspecified atom stereocenters. The number of hydrogen-bond acceptors (Lipinski definition) is 7. The van der Waals surface area contributed by atoms with Crippen molar-refractivity contribution >= 4 is 23.1 Å². The monoisotopic (exact) mass is 373 g/mol. The number of rotatable bonds is 8. The highest BCUT2D eigenvalue weighted by Crippen LogP contribution is 2.32. The zero-order valence-electron chi connectivity index (χ0n) is 15.5. The van der Waals surface area contributed by atoms with Crippen LogP contribution in [-0.4, -0.2) is 60.8 Å². The minimum absolute atomic E-state index is 0.227. The molecule has 0 aromatic carbocycles. The van der Waals surface area contributed by atoms with Crippen molar-refractivity contribution < 1.29 is 4.74 Å². The molecule has 26 heavy (non-hydrogen) atoms. The molecule has 2 heterocycles. The molecule has 6 nitrogen and oxygen atoms in total. The molecule has 0 spiro atoms. The minimum Gasteiger partial charge on any atom is -0.381 e. The Morgan fingerprint density at radius 1 is 1.42 bits per heavy atom. The van der Waals surface area contributed by atoms with Crippen LogP contribution >= 0.6 is 11.8 Å². The largest absolute Gasteiger partial charge is 0.381 e. The van der Waals surface area contributed by atoms with Crippen LogP contribution in [0.4, 0.5) is 0 Å². The summed E-state index contributed by atoms with van der Waals surface area (Å²) in [6, 6.07) is 0.227. The Bertz CT molecular complexity index is 679. The van der Waals surface area contributed by atoms with E-state index in [0.717, 1.165) is 43.5 Å². The van der Waals surface area contributed by atoms with Crippen molar-refractivity contribution in [3.63, 3.8) is 0 Å². The van der Waals surface area contributed by atoms with E-state index in [2.05, 4.69) is 47.1 Å². The zero-order chi connectivity index (χ0) is 18.4. The summed E-state index contributed by atoms with van der Waals surface area (Å²) >= 11 is 1.67. The van der Waals surface area contributed by atoms with E-state index in [1.54, 1.807) is 11.8 Å². The third kappa shape index (κ3) is 4.80. The van der Waals surface area contributed by atoms with Crippen molar-refractivity contribution in [1.29, 1.82) is 0 Å². The molecule has 0 aromatic heterocycles. The number of thioether (sulfide) groups is 1. The number of amidine groups is 1. The van der Waals surface area contributed by atoms with Crippen molar-refractivity contribution in [1.82, 2.24) is 15.2 Å². The van der Waals surface area contributed by atoms with Crippen LogP contribution in [0.5, 0.6) is 0 Å². The normalized spacial score (nSPS) is 21.7. The molecule has 1 atom stereocenters. The van der Waals surface area contributed by atoms with E-state index in [9.17, 15) is 0 Å². The van der Waals surface area contributed by atoms with Gasteiger partial charge in [-0.15, -0.1) is 5.10 Å². The lowest BCUT2D eigenvalue weighted by molar-refractivity contribution is 0.138. The van der Waals surface area contributed by atoms with Gasteiger partial charge in [-0.25, -0.2) is 0 Å². The number of nitrogens with zero attached hydrogens (tertiary/aromatic N) is 4.